The van der Waals surface area contributed by atoms with Crippen LogP contribution in [0.15, 0.2) is 24.3 Å². The van der Waals surface area contributed by atoms with E-state index in [9.17, 15) is 19.0 Å². The molecule has 0 spiro atoms. The minimum absolute atomic E-state index is 0.0207. The summed E-state index contributed by atoms with van der Waals surface area (Å²) in [5, 5.41) is 3.01. The third kappa shape index (κ3) is 43.7. The smallest absolute Gasteiger partial charge is 0.306 e. The van der Waals surface area contributed by atoms with Crippen molar-refractivity contribution in [3.8, 4) is 0 Å². The van der Waals surface area contributed by atoms with Gasteiger partial charge < -0.3 is 28.5 Å². The molecule has 1 amide bonds. The maximum atomic E-state index is 13.4. The fourth-order valence-electron chi connectivity index (χ4n) is 7.50. The lowest BCUT2D eigenvalue weighted by atomic mass is 10.0. The number of phosphoric acid groups is 1. The van der Waals surface area contributed by atoms with Crippen LogP contribution in [0, 0.1) is 0 Å². The van der Waals surface area contributed by atoms with E-state index in [2.05, 4.69) is 38.2 Å². The van der Waals surface area contributed by atoms with Crippen LogP contribution in [0.5, 0.6) is 0 Å². The molecule has 0 aromatic carbocycles. The van der Waals surface area contributed by atoms with E-state index in [0.717, 1.165) is 83.5 Å². The standard InChI is InChI=1S/C52H101N2O7P/c1-7-10-13-16-19-22-25-26-27-30-32-35-38-41-44-51(55)53-49(48-60-62(57,58)59-47-46-54(4,5)6)50(43-40-37-34-31-28-23-20-17-14-11-8-2)61-52(56)45-42-39-36-33-29-24-21-18-15-12-9-3/h18,21,40,43,49-50H,7-17,19-20,22-39,41-42,44-48H2,1-6H3,(H-,53,55,57,58)/b21-18-,43-40+. The number of amides is 1. The molecule has 0 aliphatic heterocycles. The van der Waals surface area contributed by atoms with Crippen molar-refractivity contribution in [2.45, 2.75) is 258 Å². The van der Waals surface area contributed by atoms with Crippen LogP contribution in [0.3, 0.4) is 0 Å². The number of ether oxygens (including phenoxy) is 1. The first-order valence-electron chi connectivity index (χ1n) is 26.1. The lowest BCUT2D eigenvalue weighted by Gasteiger charge is -2.30. The lowest BCUT2D eigenvalue weighted by Crippen LogP contribution is -2.47. The molecule has 0 radical (unpaired) electrons. The number of carbonyl (C=O) groups is 2. The largest absolute Gasteiger partial charge is 0.756 e. The molecule has 0 aromatic heterocycles. The summed E-state index contributed by atoms with van der Waals surface area (Å²) in [7, 11) is 1.19. The highest BCUT2D eigenvalue weighted by Gasteiger charge is 2.27. The molecule has 0 bridgehead atoms. The normalized spacial score (nSPS) is 14.1. The van der Waals surface area contributed by atoms with E-state index in [1.165, 1.54) is 128 Å². The highest BCUT2D eigenvalue weighted by molar-refractivity contribution is 7.45. The Morgan fingerprint density at radius 3 is 1.42 bits per heavy atom. The zero-order valence-corrected chi connectivity index (χ0v) is 42.5. The molecule has 0 aliphatic carbocycles. The van der Waals surface area contributed by atoms with Gasteiger partial charge in [0.1, 0.15) is 19.3 Å². The SMILES string of the molecule is CCCC/C=C\CCCCCCCC(=O)OC(/C=C/CCCCCCCCCCC)C(COP(=O)([O-])OCC[N+](C)(C)C)NC(=O)CCCCCCCCCCCCCCCC. The Labute approximate surface area is 383 Å². The monoisotopic (exact) mass is 897 g/mol. The fraction of sp³-hybridized carbons (Fsp3) is 0.885. The molecule has 10 heteroatoms. The van der Waals surface area contributed by atoms with E-state index in [1.807, 2.05) is 33.3 Å². The summed E-state index contributed by atoms with van der Waals surface area (Å²) in [5.74, 6) is -0.546. The molecule has 3 atom stereocenters. The van der Waals surface area contributed by atoms with Gasteiger partial charge in [0, 0.05) is 12.8 Å². The number of likely N-dealkylation sites (N-methyl/N-ethyl adjacent to an activating group) is 1. The molecule has 3 unspecified atom stereocenters. The molecule has 1 N–H and O–H groups in total. The van der Waals surface area contributed by atoms with Crippen LogP contribution in [0.4, 0.5) is 0 Å². The summed E-state index contributed by atoms with van der Waals surface area (Å²) in [5.41, 5.74) is 0. The van der Waals surface area contributed by atoms with Crippen LogP contribution in [0.1, 0.15) is 245 Å². The summed E-state index contributed by atoms with van der Waals surface area (Å²) in [6, 6.07) is -0.882. The van der Waals surface area contributed by atoms with Crippen molar-refractivity contribution < 1.29 is 37.3 Å². The quantitative estimate of drug-likeness (QED) is 0.0213. The Morgan fingerprint density at radius 1 is 0.548 bits per heavy atom. The van der Waals surface area contributed by atoms with Gasteiger partial charge in [0.2, 0.25) is 5.91 Å². The van der Waals surface area contributed by atoms with Crippen LogP contribution in [0.2, 0.25) is 0 Å². The lowest BCUT2D eigenvalue weighted by molar-refractivity contribution is -0.870. The zero-order chi connectivity index (χ0) is 45.8. The van der Waals surface area contributed by atoms with Crippen molar-refractivity contribution in [1.82, 2.24) is 5.32 Å². The van der Waals surface area contributed by atoms with Gasteiger partial charge >= 0.3 is 5.97 Å². The van der Waals surface area contributed by atoms with Crippen LogP contribution < -0.4 is 10.2 Å². The van der Waals surface area contributed by atoms with Crippen molar-refractivity contribution >= 4 is 19.7 Å². The number of hydrogen-bond donors (Lipinski definition) is 1. The topological polar surface area (TPSA) is 114 Å². The van der Waals surface area contributed by atoms with Crippen LogP contribution >= 0.6 is 7.82 Å². The summed E-state index contributed by atoms with van der Waals surface area (Å²) < 4.78 is 30.1. The van der Waals surface area contributed by atoms with Crippen molar-refractivity contribution in [2.75, 3.05) is 40.9 Å². The second kappa shape index (κ2) is 43.4. The van der Waals surface area contributed by atoms with E-state index in [4.69, 9.17) is 13.8 Å². The van der Waals surface area contributed by atoms with Crippen molar-refractivity contribution in [3.63, 3.8) is 0 Å². The average molecular weight is 897 g/mol. The van der Waals surface area contributed by atoms with E-state index >= 15 is 0 Å². The molecular weight excluding hydrogens is 796 g/mol. The van der Waals surface area contributed by atoms with Gasteiger partial charge in [-0.2, -0.15) is 0 Å². The number of quaternary nitrogens is 1. The number of carbonyl (C=O) groups excluding carboxylic acids is 2. The molecule has 0 aromatic rings. The second-order valence-corrected chi connectivity index (χ2v) is 20.4. The fourth-order valence-corrected chi connectivity index (χ4v) is 8.22. The Kier molecular flexibility index (Phi) is 42.3. The zero-order valence-electron chi connectivity index (χ0n) is 41.6. The summed E-state index contributed by atoms with van der Waals surface area (Å²) >= 11 is 0. The Hall–Kier alpha value is -1.51. The van der Waals surface area contributed by atoms with Crippen molar-refractivity contribution in [1.29, 1.82) is 0 Å². The Morgan fingerprint density at radius 2 is 0.952 bits per heavy atom. The van der Waals surface area contributed by atoms with Gasteiger partial charge in [-0.25, -0.2) is 0 Å². The molecule has 0 saturated carbocycles. The van der Waals surface area contributed by atoms with Crippen molar-refractivity contribution in [2.24, 2.45) is 0 Å². The van der Waals surface area contributed by atoms with Crippen LogP contribution in [-0.2, 0) is 27.9 Å². The highest BCUT2D eigenvalue weighted by atomic mass is 31.2. The van der Waals surface area contributed by atoms with Gasteiger partial charge in [0.25, 0.3) is 7.82 Å². The van der Waals surface area contributed by atoms with E-state index in [-0.39, 0.29) is 31.5 Å². The van der Waals surface area contributed by atoms with Crippen LogP contribution in [-0.4, -0.2) is 69.4 Å². The molecule has 0 fully saturated rings. The number of unbranched alkanes of at least 4 members (excludes halogenated alkanes) is 29. The van der Waals surface area contributed by atoms with E-state index in [1.54, 1.807) is 0 Å². The molecule has 366 valence electrons. The van der Waals surface area contributed by atoms with E-state index in [0.29, 0.717) is 17.4 Å². The summed E-state index contributed by atoms with van der Waals surface area (Å²) in [6.45, 7) is 6.79. The molecule has 9 nitrogen and oxygen atoms in total. The van der Waals surface area contributed by atoms with Gasteiger partial charge in [-0.05, 0) is 51.0 Å². The number of esters is 1. The minimum Gasteiger partial charge on any atom is -0.756 e. The number of nitrogens with zero attached hydrogens (tertiary/aromatic N) is 1. The molecule has 0 aliphatic rings. The van der Waals surface area contributed by atoms with Crippen LogP contribution in [0.25, 0.3) is 0 Å². The van der Waals surface area contributed by atoms with Gasteiger partial charge in [0.05, 0.1) is 33.8 Å². The Bertz CT molecular complexity index is 1120. The van der Waals surface area contributed by atoms with Crippen molar-refractivity contribution in [3.05, 3.63) is 24.3 Å². The third-order valence-corrected chi connectivity index (χ3v) is 12.6. The first-order valence-corrected chi connectivity index (χ1v) is 27.6. The van der Waals surface area contributed by atoms with Gasteiger partial charge in [0.15, 0.2) is 0 Å². The van der Waals surface area contributed by atoms with Gasteiger partial charge in [-0.1, -0.05) is 206 Å². The second-order valence-electron chi connectivity index (χ2n) is 19.0. The summed E-state index contributed by atoms with van der Waals surface area (Å²) in [4.78, 5) is 39.6. The molecule has 62 heavy (non-hydrogen) atoms. The number of nitrogens with one attached hydrogen (secondary N) is 1. The number of rotatable bonds is 47. The first-order chi connectivity index (χ1) is 29.9. The van der Waals surface area contributed by atoms with E-state index < -0.39 is 20.0 Å². The van der Waals surface area contributed by atoms with Gasteiger partial charge in [-0.3, -0.25) is 14.2 Å². The highest BCUT2D eigenvalue weighted by Crippen LogP contribution is 2.38. The maximum Gasteiger partial charge on any atom is 0.306 e. The number of allylic oxidation sites excluding steroid dienone is 3. The molecular formula is C52H101N2O7P. The first kappa shape index (κ1) is 60.5. The summed E-state index contributed by atoms with van der Waals surface area (Å²) in [6.07, 6.45) is 47.1. The maximum absolute atomic E-state index is 13.4. The average Bonchev–Trinajstić information content (AvgIpc) is 3.22. The molecule has 0 heterocycles. The minimum atomic E-state index is -4.68. The molecule has 0 rings (SSSR count). The third-order valence-electron chi connectivity index (χ3n) is 11.6. The predicted molar refractivity (Wildman–Crippen MR) is 261 cm³/mol. The predicted octanol–water partition coefficient (Wildman–Crippen LogP) is 14.4. The number of phosphoric ester groups is 1. The van der Waals surface area contributed by atoms with Gasteiger partial charge in [-0.15, -0.1) is 0 Å². The Balaban J connectivity index is 5.39. The number of hydrogen-bond acceptors (Lipinski definition) is 7. The molecule has 0 saturated heterocycles.